The summed E-state index contributed by atoms with van der Waals surface area (Å²) in [6.45, 7) is 11.5. The van der Waals surface area contributed by atoms with Crippen molar-refractivity contribution in [2.24, 2.45) is 28.9 Å². The first kappa shape index (κ1) is 31.2. The van der Waals surface area contributed by atoms with E-state index in [0.717, 1.165) is 30.6 Å². The molecule has 1 heterocycles. The number of benzene rings is 2. The summed E-state index contributed by atoms with van der Waals surface area (Å²) in [6, 6.07) is 16.7. The van der Waals surface area contributed by atoms with Crippen LogP contribution in [0.4, 0.5) is 0 Å². The fourth-order valence-corrected chi connectivity index (χ4v) is 5.32. The number of carbonyl (C=O) groups excluding carboxylic acids is 3. The zero-order valence-electron chi connectivity index (χ0n) is 24.8. The highest BCUT2D eigenvalue weighted by Gasteiger charge is 2.36. The number of rotatable bonds is 12. The molecule has 1 fully saturated rings. The summed E-state index contributed by atoms with van der Waals surface area (Å²) < 4.78 is 5.98. The van der Waals surface area contributed by atoms with Crippen molar-refractivity contribution < 1.29 is 19.1 Å². The molecule has 3 rings (SSSR count). The van der Waals surface area contributed by atoms with Gasteiger partial charge in [-0.1, -0.05) is 65.0 Å². The van der Waals surface area contributed by atoms with Crippen LogP contribution in [0.25, 0.3) is 0 Å². The second-order valence-corrected chi connectivity index (χ2v) is 12.7. The molecule has 0 aromatic heterocycles. The zero-order chi connectivity index (χ0) is 29.3. The van der Waals surface area contributed by atoms with Crippen molar-refractivity contribution in [3.8, 4) is 11.5 Å². The van der Waals surface area contributed by atoms with Gasteiger partial charge in [0.05, 0.1) is 0 Å². The molecular weight excluding hydrogens is 502 g/mol. The van der Waals surface area contributed by atoms with Crippen LogP contribution in [0.15, 0.2) is 54.6 Å². The SMILES string of the molecule is CC(C)CC(C(=O)NC1CCCCN(Cc2cccc(Oc3ccccc3)c2)C1=O)C(CCC(C)(C)C)C(N)=O. The zero-order valence-corrected chi connectivity index (χ0v) is 24.8. The van der Waals surface area contributed by atoms with Gasteiger partial charge in [-0.05, 0) is 79.7 Å². The highest BCUT2D eigenvalue weighted by molar-refractivity contribution is 5.91. The lowest BCUT2D eigenvalue weighted by molar-refractivity contribution is -0.139. The van der Waals surface area contributed by atoms with Crippen molar-refractivity contribution in [1.82, 2.24) is 10.2 Å². The van der Waals surface area contributed by atoms with Crippen LogP contribution in [0.2, 0.25) is 0 Å². The molecule has 3 amide bonds. The Balaban J connectivity index is 1.72. The summed E-state index contributed by atoms with van der Waals surface area (Å²) >= 11 is 0. The van der Waals surface area contributed by atoms with Crippen LogP contribution >= 0.6 is 0 Å². The Labute approximate surface area is 239 Å². The monoisotopic (exact) mass is 549 g/mol. The highest BCUT2D eigenvalue weighted by atomic mass is 16.5. The van der Waals surface area contributed by atoms with Crippen molar-refractivity contribution in [2.45, 2.75) is 85.7 Å². The van der Waals surface area contributed by atoms with E-state index in [1.165, 1.54) is 0 Å². The van der Waals surface area contributed by atoms with E-state index in [-0.39, 0.29) is 23.1 Å². The highest BCUT2D eigenvalue weighted by Crippen LogP contribution is 2.31. The van der Waals surface area contributed by atoms with E-state index in [4.69, 9.17) is 10.5 Å². The first-order valence-electron chi connectivity index (χ1n) is 14.6. The second kappa shape index (κ2) is 14.3. The summed E-state index contributed by atoms with van der Waals surface area (Å²) in [4.78, 5) is 41.6. The molecule has 40 heavy (non-hydrogen) atoms. The average molecular weight is 550 g/mol. The largest absolute Gasteiger partial charge is 0.457 e. The molecule has 2 aromatic carbocycles. The lowest BCUT2D eigenvalue weighted by atomic mass is 9.78. The van der Waals surface area contributed by atoms with Crippen LogP contribution in [0, 0.1) is 23.2 Å². The lowest BCUT2D eigenvalue weighted by Crippen LogP contribution is -2.50. The van der Waals surface area contributed by atoms with Gasteiger partial charge in [0.2, 0.25) is 17.7 Å². The number of primary amides is 1. The van der Waals surface area contributed by atoms with E-state index < -0.39 is 23.8 Å². The molecule has 0 saturated carbocycles. The topological polar surface area (TPSA) is 102 Å². The molecule has 1 aliphatic heterocycles. The van der Waals surface area contributed by atoms with E-state index in [1.807, 2.05) is 73.3 Å². The second-order valence-electron chi connectivity index (χ2n) is 12.7. The van der Waals surface area contributed by atoms with Crippen LogP contribution in [0.1, 0.15) is 78.7 Å². The van der Waals surface area contributed by atoms with Gasteiger partial charge in [-0.2, -0.15) is 0 Å². The van der Waals surface area contributed by atoms with Gasteiger partial charge in [0.25, 0.3) is 0 Å². The van der Waals surface area contributed by atoms with E-state index in [1.54, 1.807) is 0 Å². The number of amides is 3. The molecule has 218 valence electrons. The number of hydrogen-bond acceptors (Lipinski definition) is 4. The van der Waals surface area contributed by atoms with Crippen molar-refractivity contribution in [2.75, 3.05) is 6.54 Å². The van der Waals surface area contributed by atoms with Crippen LogP contribution in [0.3, 0.4) is 0 Å². The number of ether oxygens (including phenoxy) is 1. The summed E-state index contributed by atoms with van der Waals surface area (Å²) in [5.74, 6) is -0.239. The fraction of sp³-hybridized carbons (Fsp3) is 0.545. The summed E-state index contributed by atoms with van der Waals surface area (Å²) in [7, 11) is 0. The van der Waals surface area contributed by atoms with Gasteiger partial charge < -0.3 is 20.7 Å². The average Bonchev–Trinajstić information content (AvgIpc) is 3.04. The molecular formula is C33H47N3O4. The number of likely N-dealkylation sites (tertiary alicyclic amines) is 1. The Bertz CT molecular complexity index is 1130. The Hall–Kier alpha value is -3.35. The van der Waals surface area contributed by atoms with Crippen molar-refractivity contribution >= 4 is 17.7 Å². The van der Waals surface area contributed by atoms with E-state index >= 15 is 0 Å². The van der Waals surface area contributed by atoms with E-state index in [2.05, 4.69) is 26.1 Å². The number of nitrogens with one attached hydrogen (secondary N) is 1. The standard InChI is InChI=1S/C33H47N3O4/c1-23(2)20-28(27(30(34)37)17-18-33(3,4)5)31(38)35-29-16-9-10-19-36(32(29)39)22-24-12-11-15-26(21-24)40-25-13-7-6-8-14-25/h6-8,11-15,21,23,27-29H,9-10,16-20,22H2,1-5H3,(H2,34,37)(H,35,38). The first-order chi connectivity index (χ1) is 18.9. The molecule has 1 aliphatic rings. The molecule has 0 spiro atoms. The number of para-hydroxylation sites is 1. The van der Waals surface area contributed by atoms with Crippen LogP contribution in [-0.4, -0.2) is 35.2 Å². The van der Waals surface area contributed by atoms with Gasteiger partial charge in [-0.15, -0.1) is 0 Å². The molecule has 0 bridgehead atoms. The van der Waals surface area contributed by atoms with Gasteiger partial charge in [-0.3, -0.25) is 14.4 Å². The molecule has 0 aliphatic carbocycles. The van der Waals surface area contributed by atoms with Crippen molar-refractivity contribution in [3.05, 3.63) is 60.2 Å². The number of hydrogen-bond donors (Lipinski definition) is 2. The maximum absolute atomic E-state index is 13.7. The molecule has 3 atom stereocenters. The van der Waals surface area contributed by atoms with Gasteiger partial charge in [0.1, 0.15) is 17.5 Å². The van der Waals surface area contributed by atoms with Crippen LogP contribution < -0.4 is 15.8 Å². The molecule has 3 N–H and O–H groups in total. The Morgan fingerprint density at radius 2 is 1.73 bits per heavy atom. The molecule has 3 unspecified atom stereocenters. The minimum atomic E-state index is -0.621. The summed E-state index contributed by atoms with van der Waals surface area (Å²) in [5.41, 5.74) is 6.81. The smallest absolute Gasteiger partial charge is 0.245 e. The fourth-order valence-electron chi connectivity index (χ4n) is 5.32. The summed E-state index contributed by atoms with van der Waals surface area (Å²) in [5, 5.41) is 3.04. The normalized spacial score (nSPS) is 17.7. The lowest BCUT2D eigenvalue weighted by Gasteiger charge is -2.30. The van der Waals surface area contributed by atoms with E-state index in [9.17, 15) is 14.4 Å². The maximum atomic E-state index is 13.7. The third kappa shape index (κ3) is 9.68. The Kier molecular flexibility index (Phi) is 11.2. The maximum Gasteiger partial charge on any atom is 0.245 e. The van der Waals surface area contributed by atoms with E-state index in [0.29, 0.717) is 38.1 Å². The summed E-state index contributed by atoms with van der Waals surface area (Å²) in [6.07, 6.45) is 4.16. The predicted molar refractivity (Wildman–Crippen MR) is 158 cm³/mol. The molecule has 0 radical (unpaired) electrons. The third-order valence-corrected chi connectivity index (χ3v) is 7.47. The Morgan fingerprint density at radius 1 is 1.02 bits per heavy atom. The number of carbonyl (C=O) groups is 3. The van der Waals surface area contributed by atoms with Crippen LogP contribution in [-0.2, 0) is 20.9 Å². The molecule has 7 heteroatoms. The quantitative estimate of drug-likeness (QED) is 0.336. The minimum Gasteiger partial charge on any atom is -0.457 e. The predicted octanol–water partition coefficient (Wildman–Crippen LogP) is 6.07. The van der Waals surface area contributed by atoms with Crippen molar-refractivity contribution in [3.63, 3.8) is 0 Å². The number of nitrogens with two attached hydrogens (primary N) is 1. The molecule has 2 aromatic rings. The molecule has 1 saturated heterocycles. The number of nitrogens with zero attached hydrogens (tertiary/aromatic N) is 1. The first-order valence-corrected chi connectivity index (χ1v) is 14.6. The van der Waals surface area contributed by atoms with Crippen molar-refractivity contribution in [1.29, 1.82) is 0 Å². The molecule has 7 nitrogen and oxygen atoms in total. The van der Waals surface area contributed by atoms with Gasteiger partial charge in [-0.25, -0.2) is 0 Å². The third-order valence-electron chi connectivity index (χ3n) is 7.47. The van der Waals surface area contributed by atoms with Gasteiger partial charge >= 0.3 is 0 Å². The van der Waals surface area contributed by atoms with Crippen LogP contribution in [0.5, 0.6) is 11.5 Å². The van der Waals surface area contributed by atoms with Gasteiger partial charge in [0, 0.05) is 24.9 Å². The minimum absolute atomic E-state index is 0.0216. The van der Waals surface area contributed by atoms with Gasteiger partial charge in [0.15, 0.2) is 0 Å². The Morgan fingerprint density at radius 3 is 2.38 bits per heavy atom.